The van der Waals surface area contributed by atoms with Gasteiger partial charge in [0.05, 0.1) is 0 Å². The number of amides is 1. The van der Waals surface area contributed by atoms with E-state index in [0.717, 1.165) is 42.1 Å². The van der Waals surface area contributed by atoms with Crippen molar-refractivity contribution in [1.82, 2.24) is 9.47 Å². The molecule has 0 spiro atoms. The molecule has 5 heteroatoms. The van der Waals surface area contributed by atoms with Crippen LogP contribution in [0.5, 0.6) is 0 Å². The Hall–Kier alpha value is -2.24. The second kappa shape index (κ2) is 8.41. The highest BCUT2D eigenvalue weighted by Crippen LogP contribution is 2.22. The molecule has 1 N–H and O–H groups in total. The van der Waals surface area contributed by atoms with Crippen LogP contribution in [0.2, 0.25) is 0 Å². The van der Waals surface area contributed by atoms with E-state index >= 15 is 0 Å². The van der Waals surface area contributed by atoms with Crippen LogP contribution in [-0.2, 0) is 17.9 Å². The summed E-state index contributed by atoms with van der Waals surface area (Å²) in [5.74, 6) is 2.43. The summed E-state index contributed by atoms with van der Waals surface area (Å²) < 4.78 is 2.08. The Balaban J connectivity index is 1.47. The van der Waals surface area contributed by atoms with Gasteiger partial charge in [-0.1, -0.05) is 30.3 Å². The number of hydrogen-bond acceptors (Lipinski definition) is 3. The Morgan fingerprint density at radius 3 is 2.68 bits per heavy atom. The van der Waals surface area contributed by atoms with Crippen molar-refractivity contribution in [2.45, 2.75) is 26.9 Å². The maximum absolute atomic E-state index is 12.8. The van der Waals surface area contributed by atoms with Crippen molar-refractivity contribution in [3.8, 4) is 0 Å². The summed E-state index contributed by atoms with van der Waals surface area (Å²) in [7, 11) is 0. The number of nitrogens with one attached hydrogen (secondary N) is 1. The van der Waals surface area contributed by atoms with Crippen molar-refractivity contribution in [3.05, 3.63) is 65.4 Å². The number of para-hydroxylation sites is 1. The molecule has 0 unspecified atom stereocenters. The molecular weight excluding hydrogens is 366 g/mol. The SMILES string of the molecule is Cc1ccc(CN2CCSCC2)cc1NC(=O)Cn1c(C)cc2ccccc21. The second-order valence-corrected chi connectivity index (χ2v) is 8.74. The van der Waals surface area contributed by atoms with Gasteiger partial charge in [0.25, 0.3) is 0 Å². The Morgan fingerprint density at radius 2 is 1.86 bits per heavy atom. The van der Waals surface area contributed by atoms with Gasteiger partial charge >= 0.3 is 0 Å². The lowest BCUT2D eigenvalue weighted by molar-refractivity contribution is -0.116. The third-order valence-electron chi connectivity index (χ3n) is 5.41. The molecule has 0 bridgehead atoms. The van der Waals surface area contributed by atoms with Gasteiger partial charge in [-0.2, -0.15) is 11.8 Å². The second-order valence-electron chi connectivity index (χ2n) is 7.52. The fourth-order valence-corrected chi connectivity index (χ4v) is 4.79. The normalized spacial score (nSPS) is 15.1. The van der Waals surface area contributed by atoms with Crippen molar-refractivity contribution < 1.29 is 4.79 Å². The number of carbonyl (C=O) groups excluding carboxylic acids is 1. The average molecular weight is 394 g/mol. The molecule has 4 rings (SSSR count). The first-order chi connectivity index (χ1) is 13.6. The molecule has 0 aliphatic carbocycles. The predicted molar refractivity (Wildman–Crippen MR) is 119 cm³/mol. The van der Waals surface area contributed by atoms with E-state index in [0.29, 0.717) is 6.54 Å². The fourth-order valence-electron chi connectivity index (χ4n) is 3.81. The van der Waals surface area contributed by atoms with Gasteiger partial charge in [0, 0.05) is 48.0 Å². The van der Waals surface area contributed by atoms with E-state index in [2.05, 4.69) is 58.1 Å². The van der Waals surface area contributed by atoms with Gasteiger partial charge in [0.1, 0.15) is 6.54 Å². The van der Waals surface area contributed by atoms with Crippen LogP contribution < -0.4 is 5.32 Å². The zero-order chi connectivity index (χ0) is 19.5. The number of fused-ring (bicyclic) bond motifs is 1. The number of aryl methyl sites for hydroxylation is 2. The molecule has 1 fully saturated rings. The van der Waals surface area contributed by atoms with Gasteiger partial charge < -0.3 is 9.88 Å². The summed E-state index contributed by atoms with van der Waals surface area (Å²) >= 11 is 2.03. The van der Waals surface area contributed by atoms with Gasteiger partial charge in [0.2, 0.25) is 5.91 Å². The Kier molecular flexibility index (Phi) is 5.74. The van der Waals surface area contributed by atoms with Crippen LogP contribution in [0, 0.1) is 13.8 Å². The van der Waals surface area contributed by atoms with E-state index in [4.69, 9.17) is 0 Å². The van der Waals surface area contributed by atoms with E-state index in [-0.39, 0.29) is 5.91 Å². The summed E-state index contributed by atoms with van der Waals surface area (Å²) in [4.78, 5) is 15.3. The molecule has 1 aliphatic heterocycles. The van der Waals surface area contributed by atoms with E-state index in [1.807, 2.05) is 30.8 Å². The number of aromatic nitrogens is 1. The topological polar surface area (TPSA) is 37.3 Å². The highest BCUT2D eigenvalue weighted by atomic mass is 32.2. The van der Waals surface area contributed by atoms with Crippen LogP contribution in [-0.4, -0.2) is 40.0 Å². The largest absolute Gasteiger partial charge is 0.335 e. The van der Waals surface area contributed by atoms with Crippen LogP contribution in [0.3, 0.4) is 0 Å². The van der Waals surface area contributed by atoms with Crippen LogP contribution >= 0.6 is 11.8 Å². The zero-order valence-electron chi connectivity index (χ0n) is 16.6. The standard InChI is InChI=1S/C23H27N3OS/c1-17-7-8-19(15-25-9-11-28-12-10-25)14-21(17)24-23(27)16-26-18(2)13-20-5-3-4-6-22(20)26/h3-8,13-14H,9-12,15-16H2,1-2H3,(H,24,27). The monoisotopic (exact) mass is 393 g/mol. The molecule has 0 radical (unpaired) electrons. The summed E-state index contributed by atoms with van der Waals surface area (Å²) in [5, 5.41) is 4.31. The lowest BCUT2D eigenvalue weighted by Crippen LogP contribution is -2.32. The van der Waals surface area contributed by atoms with E-state index < -0.39 is 0 Å². The fraction of sp³-hybridized carbons (Fsp3) is 0.348. The van der Waals surface area contributed by atoms with Gasteiger partial charge in [-0.05, 0) is 48.6 Å². The van der Waals surface area contributed by atoms with Crippen LogP contribution in [0.25, 0.3) is 10.9 Å². The summed E-state index contributed by atoms with van der Waals surface area (Å²) in [6.45, 7) is 7.65. The molecule has 1 saturated heterocycles. The minimum atomic E-state index is 0.0130. The summed E-state index contributed by atoms with van der Waals surface area (Å²) in [6.07, 6.45) is 0. The number of benzene rings is 2. The van der Waals surface area contributed by atoms with Gasteiger partial charge in [-0.3, -0.25) is 9.69 Å². The molecule has 0 saturated carbocycles. The molecular formula is C23H27N3OS. The Bertz CT molecular complexity index is 989. The van der Waals surface area contributed by atoms with Crippen LogP contribution in [0.4, 0.5) is 5.69 Å². The lowest BCUT2D eigenvalue weighted by atomic mass is 10.1. The van der Waals surface area contributed by atoms with Crippen molar-refractivity contribution in [1.29, 1.82) is 0 Å². The molecule has 1 amide bonds. The first kappa shape index (κ1) is 19.1. The number of nitrogens with zero attached hydrogens (tertiary/aromatic N) is 2. The van der Waals surface area contributed by atoms with E-state index in [1.54, 1.807) is 0 Å². The van der Waals surface area contributed by atoms with Crippen molar-refractivity contribution in [2.75, 3.05) is 29.9 Å². The smallest absolute Gasteiger partial charge is 0.244 e. The number of rotatable bonds is 5. The molecule has 0 atom stereocenters. The maximum Gasteiger partial charge on any atom is 0.244 e. The number of thioether (sulfide) groups is 1. The van der Waals surface area contributed by atoms with Gasteiger partial charge in [0.15, 0.2) is 0 Å². The number of carbonyl (C=O) groups is 1. The first-order valence-electron chi connectivity index (χ1n) is 9.84. The minimum Gasteiger partial charge on any atom is -0.335 e. The quantitative estimate of drug-likeness (QED) is 0.696. The number of hydrogen-bond donors (Lipinski definition) is 1. The molecule has 4 nitrogen and oxygen atoms in total. The zero-order valence-corrected chi connectivity index (χ0v) is 17.4. The maximum atomic E-state index is 12.8. The third kappa shape index (κ3) is 4.26. The van der Waals surface area contributed by atoms with E-state index in [9.17, 15) is 4.79 Å². The summed E-state index contributed by atoms with van der Waals surface area (Å²) in [5.41, 5.74) is 5.48. The molecule has 2 aromatic carbocycles. The molecule has 3 aromatic rings. The highest BCUT2D eigenvalue weighted by Gasteiger charge is 2.13. The molecule has 146 valence electrons. The first-order valence-corrected chi connectivity index (χ1v) is 11.0. The van der Waals surface area contributed by atoms with Gasteiger partial charge in [-0.25, -0.2) is 0 Å². The van der Waals surface area contributed by atoms with Crippen molar-refractivity contribution in [2.24, 2.45) is 0 Å². The Morgan fingerprint density at radius 1 is 1.07 bits per heavy atom. The number of anilines is 1. The predicted octanol–water partition coefficient (Wildman–Crippen LogP) is 4.45. The van der Waals surface area contributed by atoms with Crippen molar-refractivity contribution >= 4 is 34.3 Å². The molecule has 28 heavy (non-hydrogen) atoms. The minimum absolute atomic E-state index is 0.0130. The summed E-state index contributed by atoms with van der Waals surface area (Å²) in [6, 6.07) is 16.8. The molecule has 1 aliphatic rings. The van der Waals surface area contributed by atoms with Crippen LogP contribution in [0.1, 0.15) is 16.8 Å². The van der Waals surface area contributed by atoms with Gasteiger partial charge in [-0.15, -0.1) is 0 Å². The van der Waals surface area contributed by atoms with Crippen molar-refractivity contribution in [3.63, 3.8) is 0 Å². The average Bonchev–Trinajstić information content (AvgIpc) is 3.01. The van der Waals surface area contributed by atoms with Crippen LogP contribution in [0.15, 0.2) is 48.5 Å². The third-order valence-corrected chi connectivity index (χ3v) is 6.35. The molecule has 1 aromatic heterocycles. The molecule has 2 heterocycles. The highest BCUT2D eigenvalue weighted by molar-refractivity contribution is 7.99. The lowest BCUT2D eigenvalue weighted by Gasteiger charge is -2.26. The van der Waals surface area contributed by atoms with E-state index in [1.165, 1.54) is 22.5 Å². The Labute approximate surface area is 170 Å².